The van der Waals surface area contributed by atoms with E-state index < -0.39 is 18.7 Å². The molecule has 0 aromatic heterocycles. The third-order valence-corrected chi connectivity index (χ3v) is 6.93. The zero-order chi connectivity index (χ0) is 12.1. The number of hydrogen-bond donors (Lipinski definition) is 1. The van der Waals surface area contributed by atoms with Crippen LogP contribution < -0.4 is 10.4 Å². The highest BCUT2D eigenvalue weighted by Gasteiger charge is 2.38. The van der Waals surface area contributed by atoms with Gasteiger partial charge in [0, 0.05) is 0 Å². The van der Waals surface area contributed by atoms with Crippen LogP contribution in [0.4, 0.5) is 4.11 Å². The molecule has 0 heterocycles. The van der Waals surface area contributed by atoms with Gasteiger partial charge in [-0.1, -0.05) is 60.7 Å². The predicted octanol–water partition coefficient (Wildman–Crippen LogP) is 0.220. The molecule has 5 heteroatoms. The summed E-state index contributed by atoms with van der Waals surface area (Å²) in [6.07, 6.45) is 0. The molecule has 0 aliphatic heterocycles. The molecule has 0 aliphatic rings. The van der Waals surface area contributed by atoms with Crippen molar-refractivity contribution in [2.24, 2.45) is 0 Å². The number of rotatable bonds is 4. The largest absolute Gasteiger partial charge is 0.409 e. The molecule has 0 spiro atoms. The molecule has 0 fully saturated rings. The Morgan fingerprint density at radius 1 is 0.882 bits per heavy atom. The van der Waals surface area contributed by atoms with Gasteiger partial charge in [-0.15, -0.1) is 0 Å². The van der Waals surface area contributed by atoms with E-state index in [4.69, 9.17) is 4.12 Å². The van der Waals surface area contributed by atoms with E-state index in [1.165, 1.54) is 0 Å². The van der Waals surface area contributed by atoms with Gasteiger partial charge < -0.3 is 8.91 Å². The number of hydrogen-bond acceptors (Lipinski definition) is 2. The first-order valence-corrected chi connectivity index (χ1v) is 8.27. The Morgan fingerprint density at radius 2 is 1.29 bits per heavy atom. The standard InChI is InChI=1S/C12H13FO2Si2/c13-16-15-17(14,11-7-3-1-4-8-11)12-9-5-2-6-10-12/h1-10,14H,16H2. The maximum absolute atomic E-state index is 12.7. The highest BCUT2D eigenvalue weighted by Crippen LogP contribution is 2.03. The first-order chi connectivity index (χ1) is 8.27. The van der Waals surface area contributed by atoms with Crippen LogP contribution in [0.1, 0.15) is 0 Å². The lowest BCUT2D eigenvalue weighted by Crippen LogP contribution is -2.61. The van der Waals surface area contributed by atoms with Gasteiger partial charge in [0.2, 0.25) is 0 Å². The van der Waals surface area contributed by atoms with Crippen molar-refractivity contribution in [3.05, 3.63) is 60.7 Å². The Kier molecular flexibility index (Phi) is 3.85. The van der Waals surface area contributed by atoms with Crippen molar-refractivity contribution in [1.82, 2.24) is 0 Å². The Hall–Kier alpha value is -1.28. The normalized spacial score (nSPS) is 12.1. The van der Waals surface area contributed by atoms with Gasteiger partial charge in [0.05, 0.1) is 0 Å². The lowest BCUT2D eigenvalue weighted by Gasteiger charge is -2.24. The fourth-order valence-corrected chi connectivity index (χ4v) is 5.33. The van der Waals surface area contributed by atoms with E-state index in [0.717, 1.165) is 0 Å². The van der Waals surface area contributed by atoms with Gasteiger partial charge in [0.1, 0.15) is 0 Å². The predicted molar refractivity (Wildman–Crippen MR) is 70.9 cm³/mol. The van der Waals surface area contributed by atoms with E-state index in [-0.39, 0.29) is 0 Å². The second-order valence-electron chi connectivity index (χ2n) is 3.63. The lowest BCUT2D eigenvalue weighted by molar-refractivity contribution is 0.404. The quantitative estimate of drug-likeness (QED) is 0.632. The van der Waals surface area contributed by atoms with Crippen LogP contribution in [0.15, 0.2) is 60.7 Å². The summed E-state index contributed by atoms with van der Waals surface area (Å²) < 4.78 is 17.8. The van der Waals surface area contributed by atoms with Crippen LogP contribution in [-0.4, -0.2) is 23.5 Å². The van der Waals surface area contributed by atoms with Gasteiger partial charge in [-0.05, 0) is 10.4 Å². The van der Waals surface area contributed by atoms with Crippen LogP contribution in [0, 0.1) is 0 Å². The van der Waals surface area contributed by atoms with Crippen molar-refractivity contribution in [3.63, 3.8) is 0 Å². The van der Waals surface area contributed by atoms with Gasteiger partial charge in [0.25, 0.3) is 0 Å². The Balaban J connectivity index is 2.47. The summed E-state index contributed by atoms with van der Waals surface area (Å²) >= 11 is 0. The molecule has 0 aliphatic carbocycles. The minimum Gasteiger partial charge on any atom is -0.409 e. The molecule has 2 aromatic carbocycles. The second-order valence-corrected chi connectivity index (χ2v) is 7.45. The molecule has 88 valence electrons. The SMILES string of the molecule is O[Si](O[SiH2]F)(c1ccccc1)c1ccccc1. The van der Waals surface area contributed by atoms with E-state index in [1.807, 2.05) is 36.4 Å². The third kappa shape index (κ3) is 2.53. The fourth-order valence-electron chi connectivity index (χ4n) is 1.74. The van der Waals surface area contributed by atoms with Crippen molar-refractivity contribution in [1.29, 1.82) is 0 Å². The summed E-state index contributed by atoms with van der Waals surface area (Å²) in [6.45, 7) is 0. The first kappa shape index (κ1) is 12.2. The minimum atomic E-state index is -3.31. The summed E-state index contributed by atoms with van der Waals surface area (Å²) in [5.41, 5.74) is 0. The maximum Gasteiger partial charge on any atom is 0.395 e. The molecule has 0 amide bonds. The molecule has 0 saturated heterocycles. The van der Waals surface area contributed by atoms with Crippen molar-refractivity contribution in [3.8, 4) is 0 Å². The smallest absolute Gasteiger partial charge is 0.395 e. The van der Waals surface area contributed by atoms with Crippen molar-refractivity contribution < 1.29 is 13.0 Å². The van der Waals surface area contributed by atoms with E-state index in [0.29, 0.717) is 10.4 Å². The molecule has 2 nitrogen and oxygen atoms in total. The Labute approximate surface area is 103 Å². The van der Waals surface area contributed by atoms with Crippen LogP contribution in [0.2, 0.25) is 0 Å². The van der Waals surface area contributed by atoms with Crippen LogP contribution in [0.25, 0.3) is 0 Å². The average molecular weight is 264 g/mol. The highest BCUT2D eigenvalue weighted by molar-refractivity contribution is 6.93. The van der Waals surface area contributed by atoms with Gasteiger partial charge in [-0.2, -0.15) is 0 Å². The molecular weight excluding hydrogens is 251 g/mol. The highest BCUT2D eigenvalue weighted by atomic mass is 28.4. The Bertz CT molecular complexity index is 425. The zero-order valence-electron chi connectivity index (χ0n) is 9.21. The van der Waals surface area contributed by atoms with Gasteiger partial charge in [-0.25, -0.2) is 0 Å². The average Bonchev–Trinajstić information content (AvgIpc) is 2.41. The van der Waals surface area contributed by atoms with Crippen LogP contribution in [-0.2, 0) is 4.12 Å². The third-order valence-electron chi connectivity index (χ3n) is 2.59. The molecule has 2 rings (SSSR count). The molecule has 0 unspecified atom stereocenters. The van der Waals surface area contributed by atoms with Crippen molar-refractivity contribution >= 4 is 29.0 Å². The topological polar surface area (TPSA) is 29.5 Å². The van der Waals surface area contributed by atoms with E-state index in [9.17, 15) is 8.90 Å². The molecule has 2 aromatic rings. The fraction of sp³-hybridized carbons (Fsp3) is 0. The van der Waals surface area contributed by atoms with Crippen LogP contribution in [0.5, 0.6) is 0 Å². The molecule has 0 radical (unpaired) electrons. The first-order valence-electron chi connectivity index (χ1n) is 5.31. The van der Waals surface area contributed by atoms with Crippen LogP contribution in [0.3, 0.4) is 0 Å². The zero-order valence-corrected chi connectivity index (χ0v) is 11.6. The summed E-state index contributed by atoms with van der Waals surface area (Å²) in [5.74, 6) is 0. The second kappa shape index (κ2) is 5.37. The summed E-state index contributed by atoms with van der Waals surface area (Å²) in [5, 5.41) is 1.35. The number of halogens is 1. The summed E-state index contributed by atoms with van der Waals surface area (Å²) in [6, 6.07) is 18.1. The van der Waals surface area contributed by atoms with E-state index >= 15 is 0 Å². The Morgan fingerprint density at radius 3 is 1.65 bits per heavy atom. The van der Waals surface area contributed by atoms with Crippen LogP contribution >= 0.6 is 0 Å². The monoisotopic (exact) mass is 264 g/mol. The summed E-state index contributed by atoms with van der Waals surface area (Å²) in [7, 11) is -5.48. The minimum absolute atomic E-state index is 0.677. The van der Waals surface area contributed by atoms with Gasteiger partial charge in [0.15, 0.2) is 0 Å². The lowest BCUT2D eigenvalue weighted by atomic mass is 10.4. The summed E-state index contributed by atoms with van der Waals surface area (Å²) in [4.78, 5) is 10.7. The van der Waals surface area contributed by atoms with E-state index in [2.05, 4.69) is 0 Å². The molecule has 0 bridgehead atoms. The van der Waals surface area contributed by atoms with Gasteiger partial charge in [-0.3, -0.25) is 4.11 Å². The number of benzene rings is 2. The van der Waals surface area contributed by atoms with Crippen molar-refractivity contribution in [2.45, 2.75) is 0 Å². The molecule has 1 N–H and O–H groups in total. The molecule has 17 heavy (non-hydrogen) atoms. The molecule has 0 saturated carbocycles. The maximum atomic E-state index is 12.7. The molecule has 0 atom stereocenters. The van der Waals surface area contributed by atoms with E-state index in [1.54, 1.807) is 24.3 Å². The van der Waals surface area contributed by atoms with Crippen molar-refractivity contribution in [2.75, 3.05) is 0 Å². The molecular formula is C12H13FO2Si2. The van der Waals surface area contributed by atoms with Gasteiger partial charge >= 0.3 is 18.7 Å².